The quantitative estimate of drug-likeness (QED) is 0.748. The van der Waals surface area contributed by atoms with Crippen LogP contribution < -0.4 is 14.4 Å². The minimum atomic E-state index is -4.49. The van der Waals surface area contributed by atoms with Gasteiger partial charge in [0, 0.05) is 6.07 Å². The number of ether oxygens (including phenoxy) is 1. The average molecular weight is 417 g/mol. The van der Waals surface area contributed by atoms with Crippen molar-refractivity contribution in [1.82, 2.24) is 4.98 Å². The number of amides is 1. The molecule has 0 saturated heterocycles. The van der Waals surface area contributed by atoms with Crippen molar-refractivity contribution in [3.05, 3.63) is 48.2 Å². The third-order valence-electron chi connectivity index (χ3n) is 3.48. The highest BCUT2D eigenvalue weighted by atomic mass is 32.2. The van der Waals surface area contributed by atoms with E-state index in [9.17, 15) is 26.4 Å². The first-order valence-electron chi connectivity index (χ1n) is 7.94. The number of aromatic nitrogens is 1. The van der Waals surface area contributed by atoms with Gasteiger partial charge in [-0.25, -0.2) is 13.4 Å². The minimum Gasteiger partial charge on any atom is -0.468 e. The number of hydrogen-bond acceptors (Lipinski definition) is 5. The Balaban J connectivity index is 2.06. The van der Waals surface area contributed by atoms with Crippen LogP contribution in [-0.2, 0) is 14.8 Å². The molecule has 0 aliphatic heterocycles. The number of nitrogens with one attached hydrogen (secondary N) is 1. The van der Waals surface area contributed by atoms with Crippen LogP contribution in [-0.4, -0.2) is 44.9 Å². The van der Waals surface area contributed by atoms with Crippen LogP contribution in [0.25, 0.3) is 0 Å². The summed E-state index contributed by atoms with van der Waals surface area (Å²) in [6, 6.07) is 9.16. The van der Waals surface area contributed by atoms with Gasteiger partial charge in [-0.05, 0) is 24.6 Å². The van der Waals surface area contributed by atoms with Crippen LogP contribution in [0.1, 0.15) is 5.56 Å². The molecule has 7 nitrogen and oxygen atoms in total. The SMILES string of the molecule is Cc1ccccc1N(CC(=O)Nc1ccc(OCC(F)(F)F)nc1)S(C)(=O)=O. The molecule has 2 rings (SSSR count). The van der Waals surface area contributed by atoms with Gasteiger partial charge in [0.1, 0.15) is 6.54 Å². The smallest absolute Gasteiger partial charge is 0.422 e. The predicted octanol–water partition coefficient (Wildman–Crippen LogP) is 2.74. The lowest BCUT2D eigenvalue weighted by Gasteiger charge is -2.23. The molecule has 1 heterocycles. The number of anilines is 2. The molecule has 1 amide bonds. The van der Waals surface area contributed by atoms with Crippen LogP contribution >= 0.6 is 0 Å². The topological polar surface area (TPSA) is 88.6 Å². The molecule has 0 atom stereocenters. The second-order valence-corrected chi connectivity index (χ2v) is 7.80. The van der Waals surface area contributed by atoms with Gasteiger partial charge in [0.05, 0.1) is 23.8 Å². The summed E-state index contributed by atoms with van der Waals surface area (Å²) in [6.07, 6.45) is -2.39. The first-order chi connectivity index (χ1) is 13.0. The average Bonchev–Trinajstić information content (AvgIpc) is 2.58. The summed E-state index contributed by atoms with van der Waals surface area (Å²) in [5.41, 5.74) is 1.23. The largest absolute Gasteiger partial charge is 0.468 e. The molecule has 0 fully saturated rings. The molecule has 1 N–H and O–H groups in total. The zero-order valence-corrected chi connectivity index (χ0v) is 15.8. The van der Waals surface area contributed by atoms with E-state index in [1.54, 1.807) is 31.2 Å². The van der Waals surface area contributed by atoms with Crippen molar-refractivity contribution in [2.24, 2.45) is 0 Å². The number of carbonyl (C=O) groups is 1. The highest BCUT2D eigenvalue weighted by Gasteiger charge is 2.28. The molecule has 1 aromatic heterocycles. The number of nitrogens with zero attached hydrogens (tertiary/aromatic N) is 2. The molecular formula is C17H18F3N3O4S. The number of alkyl halides is 3. The molecule has 28 heavy (non-hydrogen) atoms. The Kier molecular flexibility index (Phi) is 6.49. The Morgan fingerprint density at radius 1 is 1.21 bits per heavy atom. The summed E-state index contributed by atoms with van der Waals surface area (Å²) >= 11 is 0. The Bertz CT molecular complexity index is 931. The Hall–Kier alpha value is -2.82. The van der Waals surface area contributed by atoms with Crippen LogP contribution in [0.3, 0.4) is 0 Å². The number of pyridine rings is 1. The maximum atomic E-state index is 12.3. The number of aryl methyl sites for hydroxylation is 1. The zero-order chi connectivity index (χ0) is 20.9. The molecule has 152 valence electrons. The molecule has 1 aromatic carbocycles. The lowest BCUT2D eigenvalue weighted by atomic mass is 10.2. The number of sulfonamides is 1. The van der Waals surface area contributed by atoms with Crippen LogP contribution in [0.2, 0.25) is 0 Å². The summed E-state index contributed by atoms with van der Waals surface area (Å²) < 4.78 is 66.0. The third-order valence-corrected chi connectivity index (χ3v) is 4.60. The van der Waals surface area contributed by atoms with Crippen molar-refractivity contribution < 1.29 is 31.1 Å². The number of rotatable bonds is 7. The van der Waals surface area contributed by atoms with Gasteiger partial charge in [-0.2, -0.15) is 13.2 Å². The van der Waals surface area contributed by atoms with E-state index in [4.69, 9.17) is 0 Å². The van der Waals surface area contributed by atoms with E-state index in [-0.39, 0.29) is 11.6 Å². The van der Waals surface area contributed by atoms with Gasteiger partial charge in [-0.15, -0.1) is 0 Å². The molecule has 2 aromatic rings. The van der Waals surface area contributed by atoms with Gasteiger partial charge in [-0.3, -0.25) is 9.10 Å². The standard InChI is InChI=1S/C17H18F3N3O4S/c1-12-5-3-4-6-14(12)23(28(2,25)26)10-15(24)22-13-7-8-16(21-9-13)27-11-17(18,19)20/h3-9H,10-11H2,1-2H3,(H,22,24). The van der Waals surface area contributed by atoms with E-state index in [1.165, 1.54) is 6.07 Å². The summed E-state index contributed by atoms with van der Waals surface area (Å²) in [5.74, 6) is -0.896. The summed E-state index contributed by atoms with van der Waals surface area (Å²) in [7, 11) is -3.73. The van der Waals surface area contributed by atoms with Crippen LogP contribution in [0.4, 0.5) is 24.5 Å². The maximum Gasteiger partial charge on any atom is 0.422 e. The lowest BCUT2D eigenvalue weighted by Crippen LogP contribution is -2.37. The minimum absolute atomic E-state index is 0.183. The molecule has 0 spiro atoms. The fourth-order valence-corrected chi connectivity index (χ4v) is 3.16. The van der Waals surface area contributed by atoms with Crippen molar-refractivity contribution in [1.29, 1.82) is 0 Å². The van der Waals surface area contributed by atoms with E-state index in [2.05, 4.69) is 15.0 Å². The van der Waals surface area contributed by atoms with E-state index in [0.29, 0.717) is 11.3 Å². The number of halogens is 3. The molecule has 0 unspecified atom stereocenters. The zero-order valence-electron chi connectivity index (χ0n) is 15.0. The number of hydrogen-bond donors (Lipinski definition) is 1. The highest BCUT2D eigenvalue weighted by molar-refractivity contribution is 7.92. The third kappa shape index (κ3) is 6.41. The number of carbonyl (C=O) groups excluding carboxylic acids is 1. The van der Waals surface area contributed by atoms with Gasteiger partial charge in [0.15, 0.2) is 6.61 Å². The maximum absolute atomic E-state index is 12.3. The predicted molar refractivity (Wildman–Crippen MR) is 97.8 cm³/mol. The Morgan fingerprint density at radius 2 is 1.89 bits per heavy atom. The molecule has 0 aliphatic carbocycles. The Labute approximate surface area is 160 Å². The van der Waals surface area contributed by atoms with Crippen molar-refractivity contribution >= 4 is 27.3 Å². The van der Waals surface area contributed by atoms with Gasteiger partial charge >= 0.3 is 6.18 Å². The van der Waals surface area contributed by atoms with Crippen LogP contribution in [0.5, 0.6) is 5.88 Å². The second kappa shape index (κ2) is 8.46. The first-order valence-corrected chi connectivity index (χ1v) is 9.79. The molecule has 11 heteroatoms. The van der Waals surface area contributed by atoms with Gasteiger partial charge in [0.2, 0.25) is 21.8 Å². The summed E-state index contributed by atoms with van der Waals surface area (Å²) in [6.45, 7) is -0.240. The molecular weight excluding hydrogens is 399 g/mol. The first kappa shape index (κ1) is 21.5. The van der Waals surface area contributed by atoms with E-state index >= 15 is 0 Å². The van der Waals surface area contributed by atoms with Crippen molar-refractivity contribution in [3.63, 3.8) is 0 Å². The molecule has 0 bridgehead atoms. The van der Waals surface area contributed by atoms with Crippen molar-refractivity contribution in [2.75, 3.05) is 29.0 Å². The highest BCUT2D eigenvalue weighted by Crippen LogP contribution is 2.22. The fourth-order valence-electron chi connectivity index (χ4n) is 2.25. The summed E-state index contributed by atoms with van der Waals surface area (Å²) in [4.78, 5) is 15.9. The molecule has 0 saturated carbocycles. The normalized spacial score (nSPS) is 11.8. The van der Waals surface area contributed by atoms with Gasteiger partial charge in [0.25, 0.3) is 0 Å². The van der Waals surface area contributed by atoms with Gasteiger partial charge < -0.3 is 10.1 Å². The fraction of sp³-hybridized carbons (Fsp3) is 0.294. The van der Waals surface area contributed by atoms with Crippen molar-refractivity contribution in [2.45, 2.75) is 13.1 Å². The summed E-state index contributed by atoms with van der Waals surface area (Å²) in [5, 5.41) is 2.45. The van der Waals surface area contributed by atoms with E-state index in [0.717, 1.165) is 22.8 Å². The number of benzene rings is 1. The Morgan fingerprint density at radius 3 is 2.43 bits per heavy atom. The monoisotopic (exact) mass is 417 g/mol. The van der Waals surface area contributed by atoms with E-state index < -0.39 is 35.3 Å². The molecule has 0 radical (unpaired) electrons. The number of para-hydroxylation sites is 1. The lowest BCUT2D eigenvalue weighted by molar-refractivity contribution is -0.154. The van der Waals surface area contributed by atoms with Gasteiger partial charge in [-0.1, -0.05) is 18.2 Å². The molecule has 0 aliphatic rings. The van der Waals surface area contributed by atoms with Crippen LogP contribution in [0.15, 0.2) is 42.6 Å². The second-order valence-electron chi connectivity index (χ2n) is 5.89. The van der Waals surface area contributed by atoms with E-state index in [1.807, 2.05) is 0 Å². The van der Waals surface area contributed by atoms with Crippen LogP contribution in [0, 0.1) is 6.92 Å². The van der Waals surface area contributed by atoms with Crippen molar-refractivity contribution in [3.8, 4) is 5.88 Å².